The molecule has 1 N–H and O–H groups in total. The number of nitrogens with zero attached hydrogens (tertiary/aromatic N) is 4. The number of aliphatic hydroxyl groups excluding tert-OH is 1. The molecular weight excluding hydrogens is 432 g/mol. The first-order valence-electron chi connectivity index (χ1n) is 10.2. The van der Waals surface area contributed by atoms with Crippen molar-refractivity contribution >= 4 is 37.6 Å². The summed E-state index contributed by atoms with van der Waals surface area (Å²) in [6.07, 6.45) is 4.73. The number of hydrogen-bond donors (Lipinski definition) is 1. The van der Waals surface area contributed by atoms with Crippen molar-refractivity contribution in [1.29, 1.82) is 0 Å². The average molecular weight is 457 g/mol. The molecule has 0 saturated heterocycles. The van der Waals surface area contributed by atoms with Crippen molar-refractivity contribution in [2.45, 2.75) is 19.2 Å². The summed E-state index contributed by atoms with van der Waals surface area (Å²) in [5.41, 5.74) is 2.63. The highest BCUT2D eigenvalue weighted by Gasteiger charge is 2.22. The van der Waals surface area contributed by atoms with Crippen molar-refractivity contribution in [2.75, 3.05) is 26.0 Å². The second-order valence-corrected chi connectivity index (χ2v) is 9.71. The zero-order chi connectivity index (χ0) is 22.9. The van der Waals surface area contributed by atoms with Gasteiger partial charge in [-0.25, -0.2) is 13.1 Å². The van der Waals surface area contributed by atoms with Gasteiger partial charge in [0, 0.05) is 48.5 Å². The molecule has 4 aromatic rings. The summed E-state index contributed by atoms with van der Waals surface area (Å²) in [6, 6.07) is 9.07. The summed E-state index contributed by atoms with van der Waals surface area (Å²) >= 11 is 0. The quantitative estimate of drug-likeness (QED) is 0.433. The van der Waals surface area contributed by atoms with E-state index in [2.05, 4.69) is 10.1 Å². The zero-order valence-corrected chi connectivity index (χ0v) is 18.7. The smallest absolute Gasteiger partial charge is 0.272 e. The second-order valence-electron chi connectivity index (χ2n) is 7.60. The number of sulfone groups is 1. The molecule has 0 aliphatic carbocycles. The molecule has 32 heavy (non-hydrogen) atoms. The Labute approximate surface area is 185 Å². The minimum Gasteiger partial charge on any atom is -0.464 e. The third kappa shape index (κ3) is 4.23. The van der Waals surface area contributed by atoms with Gasteiger partial charge in [0.15, 0.2) is 9.84 Å². The molecule has 0 radical (unpaired) electrons. The van der Waals surface area contributed by atoms with Gasteiger partial charge in [0.2, 0.25) is 0 Å². The summed E-state index contributed by atoms with van der Waals surface area (Å²) in [5, 5.41) is 15.1. The van der Waals surface area contributed by atoms with Gasteiger partial charge >= 0.3 is 0 Å². The minimum absolute atomic E-state index is 0.0145. The van der Waals surface area contributed by atoms with Gasteiger partial charge in [0.05, 0.1) is 5.52 Å². The normalized spacial score (nSPS) is 12.0. The highest BCUT2D eigenvalue weighted by molar-refractivity contribution is 7.89. The van der Waals surface area contributed by atoms with Gasteiger partial charge in [-0.05, 0) is 25.5 Å². The third-order valence-corrected chi connectivity index (χ3v) is 5.92. The van der Waals surface area contributed by atoms with Crippen LogP contribution in [0.1, 0.15) is 23.8 Å². The SMILES string of the molecule is CCN(CCCO)C(=O)c1cc2c(cn1)c(-c1coc3ccccc13)nn2CS(C)(=O)=O. The monoisotopic (exact) mass is 456 g/mol. The first-order chi connectivity index (χ1) is 15.3. The Balaban J connectivity index is 1.86. The molecule has 1 aromatic carbocycles. The maximum atomic E-state index is 13.0. The number of carbonyl (C=O) groups excluding carboxylic acids is 1. The van der Waals surface area contributed by atoms with E-state index in [0.717, 1.165) is 17.2 Å². The number of benzene rings is 1. The van der Waals surface area contributed by atoms with Gasteiger partial charge < -0.3 is 14.4 Å². The first-order valence-corrected chi connectivity index (χ1v) is 12.3. The second kappa shape index (κ2) is 8.71. The maximum Gasteiger partial charge on any atom is 0.272 e. The van der Waals surface area contributed by atoms with Gasteiger partial charge in [-0.15, -0.1) is 0 Å². The standard InChI is InChI=1S/C22H24N4O5S/c1-3-25(9-6-10-27)22(28)18-11-19-16(12-23-18)21(24-26(19)14-32(2,29)30)17-13-31-20-8-5-4-7-15(17)20/h4-5,7-8,11-13,27H,3,6,9-10,14H2,1-2H3. The van der Waals surface area contributed by atoms with Crippen molar-refractivity contribution in [3.63, 3.8) is 0 Å². The number of para-hydroxylation sites is 1. The van der Waals surface area contributed by atoms with Gasteiger partial charge in [-0.3, -0.25) is 9.78 Å². The van der Waals surface area contributed by atoms with E-state index in [1.54, 1.807) is 23.4 Å². The lowest BCUT2D eigenvalue weighted by atomic mass is 10.1. The van der Waals surface area contributed by atoms with E-state index < -0.39 is 9.84 Å². The van der Waals surface area contributed by atoms with Crippen LogP contribution in [0.15, 0.2) is 47.2 Å². The van der Waals surface area contributed by atoms with E-state index >= 15 is 0 Å². The Morgan fingerprint density at radius 3 is 2.75 bits per heavy atom. The molecule has 0 bridgehead atoms. The number of aromatic nitrogens is 3. The molecule has 10 heteroatoms. The molecule has 3 heterocycles. The molecule has 0 fully saturated rings. The van der Waals surface area contributed by atoms with Crippen molar-refractivity contribution in [3.8, 4) is 11.3 Å². The highest BCUT2D eigenvalue weighted by atomic mass is 32.2. The molecule has 0 spiro atoms. The topological polar surface area (TPSA) is 119 Å². The molecule has 0 unspecified atom stereocenters. The van der Waals surface area contributed by atoms with E-state index in [0.29, 0.717) is 41.7 Å². The van der Waals surface area contributed by atoms with E-state index in [-0.39, 0.29) is 24.1 Å². The minimum atomic E-state index is -3.40. The van der Waals surface area contributed by atoms with Crippen LogP contribution in [-0.4, -0.2) is 65.0 Å². The fraction of sp³-hybridized carbons (Fsp3) is 0.318. The Kier molecular flexibility index (Phi) is 5.98. The van der Waals surface area contributed by atoms with Crippen LogP contribution in [0.5, 0.6) is 0 Å². The highest BCUT2D eigenvalue weighted by Crippen LogP contribution is 2.34. The fourth-order valence-electron chi connectivity index (χ4n) is 3.69. The van der Waals surface area contributed by atoms with Gasteiger partial charge in [0.1, 0.15) is 29.1 Å². The summed E-state index contributed by atoms with van der Waals surface area (Å²) in [7, 11) is -3.40. The van der Waals surface area contributed by atoms with Crippen molar-refractivity contribution in [1.82, 2.24) is 19.7 Å². The predicted molar refractivity (Wildman–Crippen MR) is 121 cm³/mol. The van der Waals surface area contributed by atoms with Crippen LogP contribution < -0.4 is 0 Å². The number of pyridine rings is 1. The number of furan rings is 1. The Hall–Kier alpha value is -3.24. The first kappa shape index (κ1) is 22.0. The van der Waals surface area contributed by atoms with E-state index in [9.17, 15) is 13.2 Å². The van der Waals surface area contributed by atoms with Crippen molar-refractivity contribution < 1.29 is 22.7 Å². The fourth-order valence-corrected chi connectivity index (χ4v) is 4.33. The molecule has 0 atom stereocenters. The van der Waals surface area contributed by atoms with Crippen molar-refractivity contribution in [2.24, 2.45) is 0 Å². The van der Waals surface area contributed by atoms with Crippen LogP contribution in [0.2, 0.25) is 0 Å². The number of aliphatic hydroxyl groups is 1. The van der Waals surface area contributed by atoms with Gasteiger partial charge in [-0.2, -0.15) is 5.10 Å². The number of amides is 1. The molecular formula is C22H24N4O5S. The summed E-state index contributed by atoms with van der Waals surface area (Å²) in [4.78, 5) is 18.9. The zero-order valence-electron chi connectivity index (χ0n) is 17.9. The van der Waals surface area contributed by atoms with Gasteiger partial charge in [0.25, 0.3) is 5.91 Å². The Morgan fingerprint density at radius 2 is 2.03 bits per heavy atom. The number of hydrogen-bond acceptors (Lipinski definition) is 7. The molecule has 0 saturated carbocycles. The average Bonchev–Trinajstić information content (AvgIpc) is 3.34. The lowest BCUT2D eigenvalue weighted by Gasteiger charge is -2.19. The largest absolute Gasteiger partial charge is 0.464 e. The lowest BCUT2D eigenvalue weighted by molar-refractivity contribution is 0.0748. The summed E-state index contributed by atoms with van der Waals surface area (Å²) in [5.74, 6) is -0.621. The van der Waals surface area contributed by atoms with Crippen LogP contribution in [0, 0.1) is 0 Å². The molecule has 9 nitrogen and oxygen atoms in total. The van der Waals surface area contributed by atoms with Crippen LogP contribution in [0.25, 0.3) is 33.1 Å². The van der Waals surface area contributed by atoms with E-state index in [1.807, 2.05) is 31.2 Å². The van der Waals surface area contributed by atoms with Crippen LogP contribution in [0.3, 0.4) is 0 Å². The Morgan fingerprint density at radius 1 is 1.25 bits per heavy atom. The van der Waals surface area contributed by atoms with Crippen molar-refractivity contribution in [3.05, 3.63) is 48.5 Å². The number of fused-ring (bicyclic) bond motifs is 2. The molecule has 168 valence electrons. The summed E-state index contributed by atoms with van der Waals surface area (Å²) < 4.78 is 31.1. The van der Waals surface area contributed by atoms with E-state index in [4.69, 9.17) is 9.52 Å². The molecule has 0 aliphatic rings. The summed E-state index contributed by atoms with van der Waals surface area (Å²) in [6.45, 7) is 2.71. The maximum absolute atomic E-state index is 13.0. The van der Waals surface area contributed by atoms with Gasteiger partial charge in [-0.1, -0.05) is 18.2 Å². The van der Waals surface area contributed by atoms with E-state index in [1.165, 1.54) is 4.68 Å². The van der Waals surface area contributed by atoms with Crippen LogP contribution in [-0.2, 0) is 15.7 Å². The number of rotatable bonds is 8. The predicted octanol–water partition coefficient (Wildman–Crippen LogP) is 2.69. The molecule has 0 aliphatic heterocycles. The molecule has 4 rings (SSSR count). The van der Waals surface area contributed by atoms with Crippen LogP contribution in [0.4, 0.5) is 0 Å². The third-order valence-electron chi connectivity index (χ3n) is 5.20. The number of carbonyl (C=O) groups is 1. The molecule has 3 aromatic heterocycles. The van der Waals surface area contributed by atoms with Crippen LogP contribution >= 0.6 is 0 Å². The lowest BCUT2D eigenvalue weighted by Crippen LogP contribution is -2.32. The molecule has 1 amide bonds. The Bertz CT molecular complexity index is 1390.